The second-order valence-electron chi connectivity index (χ2n) is 11.5. The number of nitrogen functional groups attached to an aromatic ring is 2. The standard InChI is InChI=1S/C22H24F2N10O12P2/c23-22(24)3-21(22)8-2-42-47(37,38)45-12-7(43-18(11(12)35)34-6-30-10-16(34)31-20(26)32-17(10)36)1-41-48(39,40)46-13(21)19(44-8)33-5-29-9-14(25)27-4-28-15(9)33/h4-8,11-13,18-19,35H,1-3H2,(H,37,38)(H,39,40)(H2,25,27,28)(H3,26,31,32,36)/t7-,8-,11-,12-,13+,18-,19-,21+/m1/s1. The number of aromatic nitrogens is 8. The van der Waals surface area contributed by atoms with Crippen LogP contribution in [0.5, 0.6) is 0 Å². The lowest BCUT2D eigenvalue weighted by Gasteiger charge is -2.27. The average molecular weight is 720 g/mol. The van der Waals surface area contributed by atoms with E-state index in [1.807, 2.05) is 0 Å². The van der Waals surface area contributed by atoms with Gasteiger partial charge in [0.1, 0.15) is 36.3 Å². The summed E-state index contributed by atoms with van der Waals surface area (Å²) in [5.41, 5.74) is 8.15. The number of phosphoric ester groups is 2. The van der Waals surface area contributed by atoms with Gasteiger partial charge in [0.05, 0.1) is 37.4 Å². The van der Waals surface area contributed by atoms with Gasteiger partial charge < -0.3 is 35.8 Å². The average Bonchev–Trinajstić information content (AvgIpc) is 3.49. The zero-order valence-corrected chi connectivity index (χ0v) is 25.6. The summed E-state index contributed by atoms with van der Waals surface area (Å²) in [4.78, 5) is 56.0. The fourth-order valence-electron chi connectivity index (χ4n) is 6.41. The minimum absolute atomic E-state index is 0.000226. The number of aromatic amines is 1. The maximum Gasteiger partial charge on any atom is 0.472 e. The van der Waals surface area contributed by atoms with Crippen molar-refractivity contribution in [3.05, 3.63) is 29.3 Å². The lowest BCUT2D eigenvalue weighted by atomic mass is 9.94. The number of phosphoric acid groups is 2. The molecule has 0 amide bonds. The smallest absolute Gasteiger partial charge is 0.386 e. The van der Waals surface area contributed by atoms with Gasteiger partial charge >= 0.3 is 15.6 Å². The van der Waals surface area contributed by atoms with Gasteiger partial charge in [-0.2, -0.15) is 4.98 Å². The zero-order valence-electron chi connectivity index (χ0n) is 23.8. The SMILES string of the molecule is Nc1nc2c(ncn2[C@@H]2O[C@@H]3COP(=O)(O)O[C@H]4[C@H](n5cnc6c(N)ncnc65)O[C@H](COP(=O)(O)O[C@H]3[C@H]2O)[C@@]42CC2(F)F)c(=O)[nH]1. The summed E-state index contributed by atoms with van der Waals surface area (Å²) in [5.74, 6) is -3.93. The molecule has 4 aliphatic rings. The van der Waals surface area contributed by atoms with Gasteiger partial charge in [-0.05, 0) is 0 Å². The highest BCUT2D eigenvalue weighted by Gasteiger charge is 2.84. The first-order valence-electron chi connectivity index (χ1n) is 13.9. The Kier molecular flexibility index (Phi) is 6.92. The van der Waals surface area contributed by atoms with Crippen LogP contribution in [0, 0.1) is 5.41 Å². The Labute approximate surface area is 264 Å². The van der Waals surface area contributed by atoms with Crippen molar-refractivity contribution >= 4 is 49.7 Å². The van der Waals surface area contributed by atoms with Crippen LogP contribution in [0.1, 0.15) is 18.9 Å². The van der Waals surface area contributed by atoms with E-state index in [1.54, 1.807) is 0 Å². The van der Waals surface area contributed by atoms with Gasteiger partial charge in [0, 0.05) is 6.42 Å². The third kappa shape index (κ3) is 4.79. The first-order valence-corrected chi connectivity index (χ1v) is 16.9. The number of rotatable bonds is 2. The van der Waals surface area contributed by atoms with Gasteiger partial charge in [-0.3, -0.25) is 37.0 Å². The predicted molar refractivity (Wildman–Crippen MR) is 149 cm³/mol. The molecule has 2 bridgehead atoms. The highest BCUT2D eigenvalue weighted by molar-refractivity contribution is 7.47. The molecule has 8 N–H and O–H groups in total. The van der Waals surface area contributed by atoms with Crippen molar-refractivity contribution < 1.29 is 60.4 Å². The van der Waals surface area contributed by atoms with E-state index in [4.69, 9.17) is 39.0 Å². The largest absolute Gasteiger partial charge is 0.472 e. The van der Waals surface area contributed by atoms with Crippen molar-refractivity contribution in [3.63, 3.8) is 0 Å². The van der Waals surface area contributed by atoms with E-state index in [-0.39, 0.29) is 34.1 Å². The number of aliphatic hydroxyl groups is 1. The number of H-pyrrole nitrogens is 1. The Hall–Kier alpha value is -3.54. The monoisotopic (exact) mass is 720 g/mol. The molecule has 3 saturated heterocycles. The number of nitrogens with one attached hydrogen (secondary N) is 1. The molecule has 0 radical (unpaired) electrons. The number of hydrogen-bond acceptors (Lipinski definition) is 17. The molecule has 258 valence electrons. The Morgan fingerprint density at radius 2 is 1.60 bits per heavy atom. The van der Waals surface area contributed by atoms with E-state index in [2.05, 4.69) is 29.9 Å². The van der Waals surface area contributed by atoms with Crippen LogP contribution in [0.4, 0.5) is 20.5 Å². The van der Waals surface area contributed by atoms with Crippen molar-refractivity contribution in [1.29, 1.82) is 0 Å². The lowest BCUT2D eigenvalue weighted by Crippen LogP contribution is -2.37. The van der Waals surface area contributed by atoms with Gasteiger partial charge in [-0.1, -0.05) is 0 Å². The van der Waals surface area contributed by atoms with Gasteiger partial charge in [0.25, 0.3) is 11.5 Å². The number of imidazole rings is 2. The highest BCUT2D eigenvalue weighted by Crippen LogP contribution is 2.73. The molecule has 3 aliphatic heterocycles. The molecule has 22 nitrogen and oxygen atoms in total. The number of aliphatic hydroxyl groups excluding tert-OH is 1. The molecular formula is C22H24F2N10O12P2. The van der Waals surface area contributed by atoms with Crippen LogP contribution in [0.25, 0.3) is 22.3 Å². The maximum atomic E-state index is 15.3. The van der Waals surface area contributed by atoms with Crippen molar-refractivity contribution in [3.8, 4) is 0 Å². The molecule has 4 fully saturated rings. The number of nitrogens with two attached hydrogens (primary N) is 2. The van der Waals surface area contributed by atoms with Crippen LogP contribution in [-0.4, -0.2) is 104 Å². The van der Waals surface area contributed by atoms with E-state index < -0.39 is 95.2 Å². The van der Waals surface area contributed by atoms with E-state index >= 15 is 8.78 Å². The fourth-order valence-corrected chi connectivity index (χ4v) is 8.34. The molecule has 1 aliphatic carbocycles. The third-order valence-corrected chi connectivity index (χ3v) is 10.7. The summed E-state index contributed by atoms with van der Waals surface area (Å²) in [6, 6.07) is 0. The minimum Gasteiger partial charge on any atom is -0.386 e. The summed E-state index contributed by atoms with van der Waals surface area (Å²) >= 11 is 0. The molecule has 0 aromatic carbocycles. The fraction of sp³-hybridized carbons (Fsp3) is 0.545. The summed E-state index contributed by atoms with van der Waals surface area (Å²) in [6.45, 7) is -1.96. The molecule has 4 aromatic heterocycles. The molecule has 7 heterocycles. The van der Waals surface area contributed by atoms with Crippen LogP contribution >= 0.6 is 15.6 Å². The van der Waals surface area contributed by atoms with Crippen molar-refractivity contribution in [2.24, 2.45) is 5.41 Å². The van der Waals surface area contributed by atoms with Crippen molar-refractivity contribution in [1.82, 2.24) is 39.0 Å². The van der Waals surface area contributed by atoms with E-state index in [0.717, 1.165) is 28.1 Å². The van der Waals surface area contributed by atoms with Crippen LogP contribution in [0.3, 0.4) is 0 Å². The summed E-state index contributed by atoms with van der Waals surface area (Å²) in [6.07, 6.45) is -9.78. The highest BCUT2D eigenvalue weighted by atomic mass is 31.2. The third-order valence-electron chi connectivity index (χ3n) is 8.70. The van der Waals surface area contributed by atoms with Crippen molar-refractivity contribution in [2.45, 2.75) is 55.3 Å². The number of fused-ring (bicyclic) bond motifs is 3. The van der Waals surface area contributed by atoms with Crippen LogP contribution < -0.4 is 17.0 Å². The first-order chi connectivity index (χ1) is 22.6. The molecular weight excluding hydrogens is 696 g/mol. The summed E-state index contributed by atoms with van der Waals surface area (Å²) in [5, 5.41) is 11.2. The molecule has 1 spiro atoms. The predicted octanol–water partition coefficient (Wildman–Crippen LogP) is -0.677. The van der Waals surface area contributed by atoms with Gasteiger partial charge in [0.2, 0.25) is 5.95 Å². The second-order valence-corrected chi connectivity index (χ2v) is 14.3. The number of anilines is 2. The van der Waals surface area contributed by atoms with Crippen LogP contribution in [-0.2, 0) is 36.7 Å². The molecule has 48 heavy (non-hydrogen) atoms. The van der Waals surface area contributed by atoms with Gasteiger partial charge in [-0.25, -0.2) is 37.8 Å². The summed E-state index contributed by atoms with van der Waals surface area (Å²) < 4.78 is 92.1. The lowest BCUT2D eigenvalue weighted by molar-refractivity contribution is -0.0673. The maximum absolute atomic E-state index is 15.3. The quantitative estimate of drug-likeness (QED) is 0.140. The molecule has 1 saturated carbocycles. The second kappa shape index (κ2) is 10.5. The van der Waals surface area contributed by atoms with Crippen LogP contribution in [0.15, 0.2) is 23.8 Å². The van der Waals surface area contributed by atoms with Crippen LogP contribution in [0.2, 0.25) is 0 Å². The Morgan fingerprint density at radius 1 is 0.938 bits per heavy atom. The number of hydrogen-bond donors (Lipinski definition) is 6. The summed E-state index contributed by atoms with van der Waals surface area (Å²) in [7, 11) is -10.6. The number of halogens is 2. The normalized spacial score (nSPS) is 39.6. The molecule has 2 unspecified atom stereocenters. The molecule has 10 atom stereocenters. The molecule has 8 rings (SSSR count). The zero-order chi connectivity index (χ0) is 34.0. The molecule has 26 heteroatoms. The number of nitrogens with zero attached hydrogens (tertiary/aromatic N) is 7. The first kappa shape index (κ1) is 31.7. The van der Waals surface area contributed by atoms with Gasteiger partial charge in [-0.15, -0.1) is 0 Å². The van der Waals surface area contributed by atoms with Crippen molar-refractivity contribution in [2.75, 3.05) is 24.7 Å². The van der Waals surface area contributed by atoms with E-state index in [1.165, 1.54) is 0 Å². The Morgan fingerprint density at radius 3 is 2.33 bits per heavy atom. The Bertz CT molecular complexity index is 2120. The molecule has 4 aromatic rings. The number of alkyl halides is 2. The van der Waals surface area contributed by atoms with E-state index in [9.17, 15) is 28.8 Å². The Balaban J connectivity index is 1.15. The minimum atomic E-state index is -5.32. The number of ether oxygens (including phenoxy) is 2. The van der Waals surface area contributed by atoms with E-state index in [0.29, 0.717) is 0 Å². The topological polar surface area (TPSA) is 309 Å². The van der Waals surface area contributed by atoms with Gasteiger partial charge in [0.15, 0.2) is 35.1 Å².